The SMILES string of the molecule is CC(C)c1cc(-c2cccc(C#N)c2)c2ncccc2c1. The average Bonchev–Trinajstić information content (AvgIpc) is 2.53. The van der Waals surface area contributed by atoms with Gasteiger partial charge in [0.25, 0.3) is 0 Å². The Kier molecular flexibility index (Phi) is 3.41. The minimum atomic E-state index is 0.451. The van der Waals surface area contributed by atoms with E-state index in [4.69, 9.17) is 5.26 Å². The largest absolute Gasteiger partial charge is 0.256 e. The highest BCUT2D eigenvalue weighted by molar-refractivity contribution is 5.94. The van der Waals surface area contributed by atoms with Crippen LogP contribution >= 0.6 is 0 Å². The summed E-state index contributed by atoms with van der Waals surface area (Å²) < 4.78 is 0. The normalized spacial score (nSPS) is 10.8. The molecule has 0 aliphatic carbocycles. The molecule has 0 bridgehead atoms. The zero-order chi connectivity index (χ0) is 14.8. The third-order valence-corrected chi connectivity index (χ3v) is 3.70. The summed E-state index contributed by atoms with van der Waals surface area (Å²) in [4.78, 5) is 4.53. The van der Waals surface area contributed by atoms with Gasteiger partial charge in [-0.05, 0) is 47.4 Å². The number of nitriles is 1. The van der Waals surface area contributed by atoms with Gasteiger partial charge in [0.2, 0.25) is 0 Å². The average molecular weight is 272 g/mol. The Hall–Kier alpha value is -2.66. The third kappa shape index (κ3) is 2.51. The molecule has 0 saturated heterocycles. The molecular formula is C19H16N2. The minimum Gasteiger partial charge on any atom is -0.256 e. The summed E-state index contributed by atoms with van der Waals surface area (Å²) >= 11 is 0. The van der Waals surface area contributed by atoms with Crippen molar-refractivity contribution in [2.24, 2.45) is 0 Å². The zero-order valence-corrected chi connectivity index (χ0v) is 12.2. The molecule has 2 aromatic carbocycles. The smallest absolute Gasteiger partial charge is 0.0991 e. The molecule has 2 heteroatoms. The van der Waals surface area contributed by atoms with Crippen LogP contribution in [0.25, 0.3) is 22.0 Å². The molecule has 0 N–H and O–H groups in total. The molecule has 0 fully saturated rings. The lowest BCUT2D eigenvalue weighted by atomic mass is 9.93. The molecule has 1 aromatic heterocycles. The molecule has 0 spiro atoms. The van der Waals surface area contributed by atoms with Gasteiger partial charge in [-0.1, -0.05) is 32.0 Å². The second-order valence-corrected chi connectivity index (χ2v) is 5.49. The van der Waals surface area contributed by atoms with E-state index in [9.17, 15) is 0 Å². The van der Waals surface area contributed by atoms with E-state index in [1.807, 2.05) is 36.5 Å². The van der Waals surface area contributed by atoms with Crippen molar-refractivity contribution in [3.8, 4) is 17.2 Å². The van der Waals surface area contributed by atoms with E-state index in [1.54, 1.807) is 0 Å². The first-order valence-corrected chi connectivity index (χ1v) is 7.08. The van der Waals surface area contributed by atoms with Crippen molar-refractivity contribution in [3.63, 3.8) is 0 Å². The standard InChI is InChI=1S/C19H16N2/c1-13(2)17-10-16-7-4-8-21-19(16)18(11-17)15-6-3-5-14(9-15)12-20/h3-11,13H,1-2H3. The highest BCUT2D eigenvalue weighted by atomic mass is 14.6. The summed E-state index contributed by atoms with van der Waals surface area (Å²) in [6.45, 7) is 4.38. The highest BCUT2D eigenvalue weighted by Crippen LogP contribution is 2.31. The monoisotopic (exact) mass is 272 g/mol. The predicted octanol–water partition coefficient (Wildman–Crippen LogP) is 4.90. The van der Waals surface area contributed by atoms with Crippen LogP contribution in [0.1, 0.15) is 30.9 Å². The van der Waals surface area contributed by atoms with Crippen molar-refractivity contribution in [1.82, 2.24) is 4.98 Å². The van der Waals surface area contributed by atoms with Gasteiger partial charge in [0.15, 0.2) is 0 Å². The number of pyridine rings is 1. The minimum absolute atomic E-state index is 0.451. The first-order valence-electron chi connectivity index (χ1n) is 7.08. The molecule has 2 nitrogen and oxygen atoms in total. The zero-order valence-electron chi connectivity index (χ0n) is 12.2. The van der Waals surface area contributed by atoms with E-state index in [1.165, 1.54) is 5.56 Å². The Bertz CT molecular complexity index is 842. The quantitative estimate of drug-likeness (QED) is 0.665. The van der Waals surface area contributed by atoms with Crippen molar-refractivity contribution in [1.29, 1.82) is 5.26 Å². The van der Waals surface area contributed by atoms with Crippen LogP contribution in [0.3, 0.4) is 0 Å². The Morgan fingerprint density at radius 2 is 1.90 bits per heavy atom. The van der Waals surface area contributed by atoms with Gasteiger partial charge < -0.3 is 0 Å². The lowest BCUT2D eigenvalue weighted by molar-refractivity contribution is 0.869. The van der Waals surface area contributed by atoms with Crippen LogP contribution in [0.15, 0.2) is 54.7 Å². The molecule has 3 rings (SSSR count). The lowest BCUT2D eigenvalue weighted by Gasteiger charge is -2.12. The Labute approximate surface area is 124 Å². The van der Waals surface area contributed by atoms with Crippen molar-refractivity contribution in [3.05, 3.63) is 65.9 Å². The maximum Gasteiger partial charge on any atom is 0.0991 e. The number of aromatic nitrogens is 1. The maximum atomic E-state index is 9.10. The molecule has 3 aromatic rings. The summed E-state index contributed by atoms with van der Waals surface area (Å²) in [7, 11) is 0. The van der Waals surface area contributed by atoms with Crippen molar-refractivity contribution >= 4 is 10.9 Å². The summed E-state index contributed by atoms with van der Waals surface area (Å²) in [6, 6.07) is 18.3. The van der Waals surface area contributed by atoms with Crippen molar-refractivity contribution in [2.75, 3.05) is 0 Å². The van der Waals surface area contributed by atoms with Crippen LogP contribution in [0.4, 0.5) is 0 Å². The first-order chi connectivity index (χ1) is 10.2. The van der Waals surface area contributed by atoms with E-state index in [2.05, 4.69) is 43.1 Å². The molecule has 0 saturated carbocycles. The van der Waals surface area contributed by atoms with E-state index < -0.39 is 0 Å². The third-order valence-electron chi connectivity index (χ3n) is 3.70. The van der Waals surface area contributed by atoms with Gasteiger partial charge >= 0.3 is 0 Å². The van der Waals surface area contributed by atoms with Crippen LogP contribution in [0.2, 0.25) is 0 Å². The van der Waals surface area contributed by atoms with Crippen LogP contribution in [0.5, 0.6) is 0 Å². The van der Waals surface area contributed by atoms with Crippen LogP contribution < -0.4 is 0 Å². The molecule has 102 valence electrons. The van der Waals surface area contributed by atoms with Gasteiger partial charge in [0.1, 0.15) is 0 Å². The fourth-order valence-electron chi connectivity index (χ4n) is 2.53. The van der Waals surface area contributed by atoms with Gasteiger partial charge in [0, 0.05) is 17.1 Å². The van der Waals surface area contributed by atoms with Crippen molar-refractivity contribution < 1.29 is 0 Å². The number of nitrogens with zero attached hydrogens (tertiary/aromatic N) is 2. The van der Waals surface area contributed by atoms with Crippen LogP contribution in [-0.4, -0.2) is 4.98 Å². The lowest BCUT2D eigenvalue weighted by Crippen LogP contribution is -1.92. The van der Waals surface area contributed by atoms with Gasteiger partial charge in [0.05, 0.1) is 17.1 Å². The highest BCUT2D eigenvalue weighted by Gasteiger charge is 2.10. The molecule has 1 heterocycles. The fraction of sp³-hybridized carbons (Fsp3) is 0.158. The van der Waals surface area contributed by atoms with Crippen LogP contribution in [-0.2, 0) is 0 Å². The van der Waals surface area contributed by atoms with Crippen molar-refractivity contribution in [2.45, 2.75) is 19.8 Å². The molecule has 0 aliphatic rings. The number of fused-ring (bicyclic) bond motifs is 1. The molecule has 0 atom stereocenters. The number of hydrogen-bond donors (Lipinski definition) is 0. The Morgan fingerprint density at radius 1 is 1.05 bits per heavy atom. The number of rotatable bonds is 2. The summed E-state index contributed by atoms with van der Waals surface area (Å²) in [5.41, 5.74) is 5.07. The van der Waals surface area contributed by atoms with Gasteiger partial charge in [-0.3, -0.25) is 4.98 Å². The molecule has 0 unspecified atom stereocenters. The predicted molar refractivity (Wildman–Crippen MR) is 86.0 cm³/mol. The topological polar surface area (TPSA) is 36.7 Å². The van der Waals surface area contributed by atoms with E-state index in [0.29, 0.717) is 11.5 Å². The number of benzene rings is 2. The van der Waals surface area contributed by atoms with Crippen LogP contribution in [0, 0.1) is 11.3 Å². The molecule has 0 amide bonds. The van der Waals surface area contributed by atoms with Gasteiger partial charge in [-0.25, -0.2) is 0 Å². The van der Waals surface area contributed by atoms with Gasteiger partial charge in [-0.15, -0.1) is 0 Å². The fourth-order valence-corrected chi connectivity index (χ4v) is 2.53. The summed E-state index contributed by atoms with van der Waals surface area (Å²) in [5.74, 6) is 0.451. The number of hydrogen-bond acceptors (Lipinski definition) is 2. The molecule has 0 aliphatic heterocycles. The van der Waals surface area contributed by atoms with E-state index in [0.717, 1.165) is 22.0 Å². The summed E-state index contributed by atoms with van der Waals surface area (Å²) in [6.07, 6.45) is 1.81. The van der Waals surface area contributed by atoms with E-state index >= 15 is 0 Å². The summed E-state index contributed by atoms with van der Waals surface area (Å²) in [5, 5.41) is 10.2. The molecule has 0 radical (unpaired) electrons. The second-order valence-electron chi connectivity index (χ2n) is 5.49. The first kappa shape index (κ1) is 13.3. The molecule has 21 heavy (non-hydrogen) atoms. The van der Waals surface area contributed by atoms with E-state index in [-0.39, 0.29) is 0 Å². The Balaban J connectivity index is 2.32. The Morgan fingerprint density at radius 3 is 2.67 bits per heavy atom. The maximum absolute atomic E-state index is 9.10. The second kappa shape index (κ2) is 5.38. The van der Waals surface area contributed by atoms with Gasteiger partial charge in [-0.2, -0.15) is 5.26 Å². The molecular weight excluding hydrogens is 256 g/mol.